The van der Waals surface area contributed by atoms with Gasteiger partial charge in [0.1, 0.15) is 18.8 Å². The topological polar surface area (TPSA) is 70.8 Å². The lowest BCUT2D eigenvalue weighted by Gasteiger charge is -2.18. The van der Waals surface area contributed by atoms with Crippen LogP contribution in [0.15, 0.2) is 37.4 Å². The average molecular weight is 291 g/mol. The second kappa shape index (κ2) is 7.99. The number of rotatable bonds is 8. The molecule has 1 aromatic carbocycles. The van der Waals surface area contributed by atoms with Crippen molar-refractivity contribution in [2.24, 2.45) is 0 Å². The van der Waals surface area contributed by atoms with E-state index in [9.17, 15) is 4.79 Å². The maximum Gasteiger partial charge on any atom is 0.342 e. The minimum Gasteiger partial charge on any atom is -0.485 e. The molecular formula is C16H21NO4. The molecule has 0 heterocycles. The van der Waals surface area contributed by atoms with Gasteiger partial charge in [0.15, 0.2) is 11.5 Å². The number of carbonyl (C=O) groups is 1. The van der Waals surface area contributed by atoms with Crippen molar-refractivity contribution in [3.8, 4) is 11.5 Å². The Balaban J connectivity index is 3.24. The molecule has 0 spiro atoms. The van der Waals surface area contributed by atoms with Crippen LogP contribution in [-0.4, -0.2) is 25.3 Å². The summed E-state index contributed by atoms with van der Waals surface area (Å²) in [4.78, 5) is 12.1. The van der Waals surface area contributed by atoms with Gasteiger partial charge in [0, 0.05) is 0 Å². The molecular weight excluding hydrogens is 270 g/mol. The van der Waals surface area contributed by atoms with Crippen molar-refractivity contribution in [2.45, 2.75) is 20.0 Å². The lowest BCUT2D eigenvalue weighted by Crippen LogP contribution is -2.13. The fourth-order valence-corrected chi connectivity index (χ4v) is 1.59. The summed E-state index contributed by atoms with van der Waals surface area (Å²) < 4.78 is 16.2. The third-order valence-electron chi connectivity index (χ3n) is 2.39. The molecule has 1 aromatic rings. The summed E-state index contributed by atoms with van der Waals surface area (Å²) in [6.07, 6.45) is 2.95. The molecule has 5 nitrogen and oxygen atoms in total. The summed E-state index contributed by atoms with van der Waals surface area (Å²) in [6, 6.07) is 3.13. The molecule has 0 aliphatic rings. The zero-order chi connectivity index (χ0) is 15.8. The minimum atomic E-state index is -0.525. The number of benzene rings is 1. The van der Waals surface area contributed by atoms with Crippen LogP contribution in [0.3, 0.4) is 0 Å². The molecule has 21 heavy (non-hydrogen) atoms. The minimum absolute atomic E-state index is 0.113. The Kier molecular flexibility index (Phi) is 6.33. The number of nitrogen functional groups attached to an aromatic ring is 1. The SMILES string of the molecule is C=CCOC(=O)c1ccc(N)c(OC(C)C)c1OCC=C. The number of ether oxygens (including phenoxy) is 3. The lowest BCUT2D eigenvalue weighted by molar-refractivity contribution is 0.0544. The van der Waals surface area contributed by atoms with Gasteiger partial charge in [-0.1, -0.05) is 25.3 Å². The van der Waals surface area contributed by atoms with E-state index in [4.69, 9.17) is 19.9 Å². The maximum atomic E-state index is 12.1. The Bertz CT molecular complexity index is 523. The molecule has 0 unspecified atom stereocenters. The van der Waals surface area contributed by atoms with Crippen LogP contribution in [0.5, 0.6) is 11.5 Å². The van der Waals surface area contributed by atoms with E-state index in [-0.39, 0.29) is 30.6 Å². The summed E-state index contributed by atoms with van der Waals surface area (Å²) in [7, 11) is 0. The first-order chi connectivity index (χ1) is 10.0. The molecule has 0 radical (unpaired) electrons. The molecule has 5 heteroatoms. The van der Waals surface area contributed by atoms with E-state index in [1.807, 2.05) is 13.8 Å². The van der Waals surface area contributed by atoms with Gasteiger partial charge >= 0.3 is 5.97 Å². The first-order valence-electron chi connectivity index (χ1n) is 6.62. The van der Waals surface area contributed by atoms with E-state index in [2.05, 4.69) is 13.2 Å². The van der Waals surface area contributed by atoms with Crippen molar-refractivity contribution in [3.05, 3.63) is 43.0 Å². The lowest BCUT2D eigenvalue weighted by atomic mass is 10.1. The average Bonchev–Trinajstić information content (AvgIpc) is 2.44. The first-order valence-corrected chi connectivity index (χ1v) is 6.62. The highest BCUT2D eigenvalue weighted by Crippen LogP contribution is 2.38. The molecule has 0 fully saturated rings. The Hall–Kier alpha value is -2.43. The monoisotopic (exact) mass is 291 g/mol. The van der Waals surface area contributed by atoms with Gasteiger partial charge in [0.2, 0.25) is 0 Å². The van der Waals surface area contributed by atoms with Crippen LogP contribution in [0.25, 0.3) is 0 Å². The smallest absolute Gasteiger partial charge is 0.342 e. The van der Waals surface area contributed by atoms with E-state index in [0.717, 1.165) is 0 Å². The van der Waals surface area contributed by atoms with E-state index in [0.29, 0.717) is 11.4 Å². The Morgan fingerprint density at radius 3 is 2.48 bits per heavy atom. The van der Waals surface area contributed by atoms with Crippen LogP contribution in [0.2, 0.25) is 0 Å². The zero-order valence-corrected chi connectivity index (χ0v) is 12.4. The standard InChI is InChI=1S/C16H21NO4/c1-5-9-19-14-12(16(18)20-10-6-2)7-8-13(17)15(14)21-11(3)4/h5-8,11H,1-2,9-10,17H2,3-4H3. The van der Waals surface area contributed by atoms with Crippen molar-refractivity contribution in [1.82, 2.24) is 0 Å². The molecule has 0 saturated carbocycles. The van der Waals surface area contributed by atoms with Gasteiger partial charge in [0.25, 0.3) is 0 Å². The number of nitrogens with two attached hydrogens (primary N) is 1. The molecule has 114 valence electrons. The third kappa shape index (κ3) is 4.56. The summed E-state index contributed by atoms with van der Waals surface area (Å²) in [5.41, 5.74) is 6.56. The summed E-state index contributed by atoms with van der Waals surface area (Å²) in [5, 5.41) is 0. The summed E-state index contributed by atoms with van der Waals surface area (Å²) >= 11 is 0. The highest BCUT2D eigenvalue weighted by Gasteiger charge is 2.21. The van der Waals surface area contributed by atoms with Gasteiger partial charge in [-0.2, -0.15) is 0 Å². The van der Waals surface area contributed by atoms with Crippen LogP contribution in [-0.2, 0) is 4.74 Å². The van der Waals surface area contributed by atoms with Crippen molar-refractivity contribution >= 4 is 11.7 Å². The molecule has 0 atom stereocenters. The predicted octanol–water partition coefficient (Wildman–Crippen LogP) is 2.96. The van der Waals surface area contributed by atoms with Gasteiger partial charge in [-0.25, -0.2) is 4.79 Å². The van der Waals surface area contributed by atoms with Gasteiger partial charge in [0.05, 0.1) is 11.8 Å². The van der Waals surface area contributed by atoms with E-state index in [1.54, 1.807) is 18.2 Å². The number of carbonyl (C=O) groups excluding carboxylic acids is 1. The largest absolute Gasteiger partial charge is 0.485 e. The zero-order valence-electron chi connectivity index (χ0n) is 12.4. The molecule has 2 N–H and O–H groups in total. The van der Waals surface area contributed by atoms with Crippen LogP contribution < -0.4 is 15.2 Å². The number of esters is 1. The summed E-state index contributed by atoms with van der Waals surface area (Å²) in [5.74, 6) is 0.0696. The van der Waals surface area contributed by atoms with Gasteiger partial charge in [-0.15, -0.1) is 0 Å². The van der Waals surface area contributed by atoms with Crippen molar-refractivity contribution < 1.29 is 19.0 Å². The highest BCUT2D eigenvalue weighted by molar-refractivity contribution is 5.95. The number of hydrogen-bond acceptors (Lipinski definition) is 5. The molecule has 0 aliphatic carbocycles. The Morgan fingerprint density at radius 2 is 1.90 bits per heavy atom. The predicted molar refractivity (Wildman–Crippen MR) is 82.8 cm³/mol. The molecule has 0 aliphatic heterocycles. The maximum absolute atomic E-state index is 12.1. The Labute approximate surface area is 125 Å². The number of hydrogen-bond donors (Lipinski definition) is 1. The normalized spacial score (nSPS) is 10.0. The van der Waals surface area contributed by atoms with Crippen molar-refractivity contribution in [1.29, 1.82) is 0 Å². The molecule has 1 rings (SSSR count). The fraction of sp³-hybridized carbons (Fsp3) is 0.312. The fourth-order valence-electron chi connectivity index (χ4n) is 1.59. The highest BCUT2D eigenvalue weighted by atomic mass is 16.5. The van der Waals surface area contributed by atoms with E-state index < -0.39 is 5.97 Å². The van der Waals surface area contributed by atoms with Crippen LogP contribution in [0.1, 0.15) is 24.2 Å². The quantitative estimate of drug-likeness (QED) is 0.453. The molecule has 0 amide bonds. The van der Waals surface area contributed by atoms with Crippen molar-refractivity contribution in [2.75, 3.05) is 18.9 Å². The Morgan fingerprint density at radius 1 is 1.24 bits per heavy atom. The first kappa shape index (κ1) is 16.6. The second-order valence-electron chi connectivity index (χ2n) is 4.51. The van der Waals surface area contributed by atoms with Crippen LogP contribution in [0.4, 0.5) is 5.69 Å². The van der Waals surface area contributed by atoms with Crippen LogP contribution >= 0.6 is 0 Å². The van der Waals surface area contributed by atoms with E-state index >= 15 is 0 Å². The molecule has 0 saturated heterocycles. The van der Waals surface area contributed by atoms with Gasteiger partial charge in [-0.3, -0.25) is 0 Å². The second-order valence-corrected chi connectivity index (χ2v) is 4.51. The third-order valence-corrected chi connectivity index (χ3v) is 2.39. The summed E-state index contributed by atoms with van der Waals surface area (Å²) in [6.45, 7) is 11.1. The van der Waals surface area contributed by atoms with Gasteiger partial charge in [-0.05, 0) is 26.0 Å². The molecule has 0 aromatic heterocycles. The molecule has 0 bridgehead atoms. The van der Waals surface area contributed by atoms with E-state index in [1.165, 1.54) is 6.08 Å². The van der Waals surface area contributed by atoms with Crippen LogP contribution in [0, 0.1) is 0 Å². The van der Waals surface area contributed by atoms with Gasteiger partial charge < -0.3 is 19.9 Å². The van der Waals surface area contributed by atoms with Crippen molar-refractivity contribution in [3.63, 3.8) is 0 Å². The number of anilines is 1.